The van der Waals surface area contributed by atoms with Gasteiger partial charge in [-0.1, -0.05) is 30.3 Å². The standard InChI is InChI=1S/C15H19F3N2O/c1-11(12-6-4-3-5-7-12)19(2)13-8-9-20(14(13)21)10-15(16,17)18/h3-7,11,13H,8-10H2,1-2H3. The topological polar surface area (TPSA) is 23.6 Å². The second kappa shape index (κ2) is 6.05. The summed E-state index contributed by atoms with van der Waals surface area (Å²) in [7, 11) is 1.79. The van der Waals surface area contributed by atoms with E-state index in [0.717, 1.165) is 10.5 Å². The fourth-order valence-electron chi connectivity index (χ4n) is 2.71. The van der Waals surface area contributed by atoms with Crippen LogP contribution in [0.2, 0.25) is 0 Å². The SMILES string of the molecule is CC(c1ccccc1)N(C)C1CCN(CC(F)(F)F)C1=O. The Labute approximate surface area is 122 Å². The Bertz CT molecular complexity index is 489. The van der Waals surface area contributed by atoms with Gasteiger partial charge in [0.2, 0.25) is 5.91 Å². The number of likely N-dealkylation sites (tertiary alicyclic amines) is 1. The van der Waals surface area contributed by atoms with Crippen molar-refractivity contribution in [2.24, 2.45) is 0 Å². The Hall–Kier alpha value is -1.56. The molecule has 2 atom stereocenters. The molecule has 1 aromatic carbocycles. The number of nitrogens with zero attached hydrogens (tertiary/aromatic N) is 2. The Morgan fingerprint density at radius 2 is 1.95 bits per heavy atom. The van der Waals surface area contributed by atoms with Crippen LogP contribution in [0.5, 0.6) is 0 Å². The third kappa shape index (κ3) is 3.75. The first-order chi connectivity index (χ1) is 9.79. The first-order valence-corrected chi connectivity index (χ1v) is 6.92. The Balaban J connectivity index is 2.04. The van der Waals surface area contributed by atoms with Crippen molar-refractivity contribution in [2.45, 2.75) is 31.6 Å². The van der Waals surface area contributed by atoms with Crippen molar-refractivity contribution in [3.63, 3.8) is 0 Å². The van der Waals surface area contributed by atoms with E-state index in [2.05, 4.69) is 0 Å². The van der Waals surface area contributed by atoms with Gasteiger partial charge in [-0.2, -0.15) is 13.2 Å². The van der Waals surface area contributed by atoms with E-state index < -0.39 is 24.7 Å². The molecule has 0 aliphatic carbocycles. The first kappa shape index (κ1) is 15.8. The molecule has 3 nitrogen and oxygen atoms in total. The highest BCUT2D eigenvalue weighted by molar-refractivity contribution is 5.84. The van der Waals surface area contributed by atoms with Crippen molar-refractivity contribution in [1.29, 1.82) is 0 Å². The van der Waals surface area contributed by atoms with Gasteiger partial charge >= 0.3 is 6.18 Å². The number of likely N-dealkylation sites (N-methyl/N-ethyl adjacent to an activating group) is 1. The fraction of sp³-hybridized carbons (Fsp3) is 0.533. The molecule has 2 rings (SSSR count). The van der Waals surface area contributed by atoms with Crippen LogP contribution in [0.3, 0.4) is 0 Å². The van der Waals surface area contributed by atoms with E-state index in [1.165, 1.54) is 0 Å². The zero-order chi connectivity index (χ0) is 15.6. The summed E-state index contributed by atoms with van der Waals surface area (Å²) in [6.45, 7) is 0.958. The second-order valence-corrected chi connectivity index (χ2v) is 5.43. The van der Waals surface area contributed by atoms with E-state index in [9.17, 15) is 18.0 Å². The van der Waals surface area contributed by atoms with Crippen molar-refractivity contribution in [2.75, 3.05) is 20.1 Å². The molecule has 1 saturated heterocycles. The third-order valence-electron chi connectivity index (χ3n) is 4.02. The van der Waals surface area contributed by atoms with E-state index >= 15 is 0 Å². The molecule has 1 aromatic rings. The lowest BCUT2D eigenvalue weighted by Crippen LogP contribution is -2.43. The normalized spacial score (nSPS) is 21.1. The van der Waals surface area contributed by atoms with E-state index in [4.69, 9.17) is 0 Å². The summed E-state index contributed by atoms with van der Waals surface area (Å²) >= 11 is 0. The molecule has 1 heterocycles. The molecule has 21 heavy (non-hydrogen) atoms. The molecule has 0 bridgehead atoms. The summed E-state index contributed by atoms with van der Waals surface area (Å²) in [6, 6.07) is 9.12. The quantitative estimate of drug-likeness (QED) is 0.853. The highest BCUT2D eigenvalue weighted by atomic mass is 19.4. The fourth-order valence-corrected chi connectivity index (χ4v) is 2.71. The average Bonchev–Trinajstić information content (AvgIpc) is 2.78. The predicted molar refractivity (Wildman–Crippen MR) is 73.7 cm³/mol. The molecule has 1 aliphatic heterocycles. The zero-order valence-corrected chi connectivity index (χ0v) is 12.1. The number of rotatable bonds is 4. The van der Waals surface area contributed by atoms with Gasteiger partial charge in [0, 0.05) is 12.6 Å². The summed E-state index contributed by atoms with van der Waals surface area (Å²) in [5.41, 5.74) is 1.04. The minimum atomic E-state index is -4.34. The number of hydrogen-bond acceptors (Lipinski definition) is 2. The summed E-state index contributed by atoms with van der Waals surface area (Å²) in [5, 5.41) is 0. The van der Waals surface area contributed by atoms with Crippen LogP contribution in [0.15, 0.2) is 30.3 Å². The molecular formula is C15H19F3N2O. The molecule has 1 aliphatic rings. The van der Waals surface area contributed by atoms with Crippen molar-refractivity contribution in [1.82, 2.24) is 9.80 Å². The van der Waals surface area contributed by atoms with E-state index in [1.807, 2.05) is 42.2 Å². The van der Waals surface area contributed by atoms with Crippen molar-refractivity contribution >= 4 is 5.91 Å². The summed E-state index contributed by atoms with van der Waals surface area (Å²) in [4.78, 5) is 14.9. The molecular weight excluding hydrogens is 281 g/mol. The lowest BCUT2D eigenvalue weighted by atomic mass is 10.1. The Morgan fingerprint density at radius 3 is 2.52 bits per heavy atom. The molecule has 6 heteroatoms. The van der Waals surface area contributed by atoms with Gasteiger partial charge in [-0.15, -0.1) is 0 Å². The monoisotopic (exact) mass is 300 g/mol. The second-order valence-electron chi connectivity index (χ2n) is 5.43. The van der Waals surface area contributed by atoms with Crippen molar-refractivity contribution < 1.29 is 18.0 Å². The van der Waals surface area contributed by atoms with Crippen LogP contribution in [-0.4, -0.2) is 48.1 Å². The highest BCUT2D eigenvalue weighted by Crippen LogP contribution is 2.27. The number of alkyl halides is 3. The zero-order valence-electron chi connectivity index (χ0n) is 12.1. The minimum Gasteiger partial charge on any atom is -0.332 e. The van der Waals surface area contributed by atoms with Gasteiger partial charge in [0.25, 0.3) is 0 Å². The molecule has 0 aromatic heterocycles. The van der Waals surface area contributed by atoms with Gasteiger partial charge < -0.3 is 4.90 Å². The van der Waals surface area contributed by atoms with Crippen molar-refractivity contribution in [3.05, 3.63) is 35.9 Å². The number of benzene rings is 1. The number of halogens is 3. The maximum absolute atomic E-state index is 12.4. The smallest absolute Gasteiger partial charge is 0.332 e. The predicted octanol–water partition coefficient (Wildman–Crippen LogP) is 2.84. The average molecular weight is 300 g/mol. The summed E-state index contributed by atoms with van der Waals surface area (Å²) in [5.74, 6) is -0.433. The van der Waals surface area contributed by atoms with E-state index in [0.29, 0.717) is 6.42 Å². The Morgan fingerprint density at radius 1 is 1.33 bits per heavy atom. The molecule has 0 radical (unpaired) electrons. The molecule has 1 amide bonds. The number of carbonyl (C=O) groups is 1. The lowest BCUT2D eigenvalue weighted by molar-refractivity contribution is -0.159. The van der Waals surface area contributed by atoms with Crippen LogP contribution in [-0.2, 0) is 4.79 Å². The lowest BCUT2D eigenvalue weighted by Gasteiger charge is -2.30. The minimum absolute atomic E-state index is 0.0222. The maximum Gasteiger partial charge on any atom is 0.406 e. The molecule has 0 spiro atoms. The van der Waals surface area contributed by atoms with Gasteiger partial charge in [-0.25, -0.2) is 0 Å². The number of hydrogen-bond donors (Lipinski definition) is 0. The van der Waals surface area contributed by atoms with Gasteiger partial charge in [0.15, 0.2) is 0 Å². The molecule has 0 N–H and O–H groups in total. The van der Waals surface area contributed by atoms with Crippen LogP contribution in [0.25, 0.3) is 0 Å². The first-order valence-electron chi connectivity index (χ1n) is 6.92. The highest BCUT2D eigenvalue weighted by Gasteiger charge is 2.41. The van der Waals surface area contributed by atoms with Crippen LogP contribution in [0.4, 0.5) is 13.2 Å². The van der Waals surface area contributed by atoms with Crippen molar-refractivity contribution in [3.8, 4) is 0 Å². The third-order valence-corrected chi connectivity index (χ3v) is 4.02. The summed E-state index contributed by atoms with van der Waals surface area (Å²) < 4.78 is 37.3. The number of carbonyl (C=O) groups excluding carboxylic acids is 1. The maximum atomic E-state index is 12.4. The van der Waals surface area contributed by atoms with Crippen LogP contribution < -0.4 is 0 Å². The molecule has 1 fully saturated rings. The number of amides is 1. The Kier molecular flexibility index (Phi) is 4.56. The van der Waals surface area contributed by atoms with Gasteiger partial charge in [0.1, 0.15) is 6.54 Å². The van der Waals surface area contributed by atoms with Gasteiger partial charge in [-0.05, 0) is 26.0 Å². The summed E-state index contributed by atoms with van der Waals surface area (Å²) in [6.07, 6.45) is -3.91. The molecule has 116 valence electrons. The van der Waals surface area contributed by atoms with E-state index in [-0.39, 0.29) is 12.6 Å². The van der Waals surface area contributed by atoms with Crippen LogP contribution >= 0.6 is 0 Å². The largest absolute Gasteiger partial charge is 0.406 e. The van der Waals surface area contributed by atoms with Gasteiger partial charge in [0.05, 0.1) is 6.04 Å². The van der Waals surface area contributed by atoms with Crippen LogP contribution in [0.1, 0.15) is 24.9 Å². The van der Waals surface area contributed by atoms with Crippen LogP contribution in [0, 0.1) is 0 Å². The van der Waals surface area contributed by atoms with E-state index in [1.54, 1.807) is 7.05 Å². The molecule has 0 saturated carbocycles. The molecule has 2 unspecified atom stereocenters. The van der Waals surface area contributed by atoms with Gasteiger partial charge in [-0.3, -0.25) is 9.69 Å².